The number of unbranched alkanes of at least 4 members (excludes halogenated alkanes) is 3. The Balaban J connectivity index is 0. The highest BCUT2D eigenvalue weighted by atomic mass is 16.4. The highest BCUT2D eigenvalue weighted by Gasteiger charge is 1.93. The highest BCUT2D eigenvalue weighted by Crippen LogP contribution is 2.01. The first-order valence-electron chi connectivity index (χ1n) is 4.71. The molecule has 80 valence electrons. The molecule has 0 aromatic heterocycles. The summed E-state index contributed by atoms with van der Waals surface area (Å²) in [6.07, 6.45) is 4.55. The first kappa shape index (κ1) is 14.9. The van der Waals surface area contributed by atoms with Gasteiger partial charge in [0.1, 0.15) is 0 Å². The molecule has 4 heteroatoms. The molecule has 0 fully saturated rings. The average Bonchev–Trinajstić information content (AvgIpc) is 2.13. The van der Waals surface area contributed by atoms with Gasteiger partial charge in [0.05, 0.1) is 6.61 Å². The van der Waals surface area contributed by atoms with E-state index in [1.54, 1.807) is 0 Å². The van der Waals surface area contributed by atoms with Gasteiger partial charge in [-0.15, -0.1) is 0 Å². The van der Waals surface area contributed by atoms with Crippen molar-refractivity contribution < 1.29 is 15.0 Å². The summed E-state index contributed by atoms with van der Waals surface area (Å²) in [5, 5.41) is 16.0. The van der Waals surface area contributed by atoms with E-state index in [0.717, 1.165) is 19.3 Å². The average molecular weight is 191 g/mol. The number of aliphatic hydroxyl groups is 1. The summed E-state index contributed by atoms with van der Waals surface area (Å²) in [4.78, 5) is 9.96. The van der Waals surface area contributed by atoms with E-state index >= 15 is 0 Å². The van der Waals surface area contributed by atoms with Gasteiger partial charge in [0.15, 0.2) is 0 Å². The highest BCUT2D eigenvalue weighted by molar-refractivity contribution is 5.66. The standard InChI is InChI=1S/C7H14O2.C2H7NO/c1-2-3-4-5-6-7(8)9;3-1-2-4/h2-6H2,1H3,(H,8,9);4H,1-3H2. The van der Waals surface area contributed by atoms with Gasteiger partial charge >= 0.3 is 5.97 Å². The van der Waals surface area contributed by atoms with E-state index < -0.39 is 5.97 Å². The van der Waals surface area contributed by atoms with Crippen LogP contribution in [0.25, 0.3) is 0 Å². The molecular weight excluding hydrogens is 170 g/mol. The zero-order valence-corrected chi connectivity index (χ0v) is 8.33. The Hall–Kier alpha value is -0.610. The zero-order chi connectivity index (χ0) is 10.5. The van der Waals surface area contributed by atoms with Crippen molar-refractivity contribution in [3.8, 4) is 0 Å². The van der Waals surface area contributed by atoms with Gasteiger partial charge in [0.25, 0.3) is 0 Å². The summed E-state index contributed by atoms with van der Waals surface area (Å²) in [6, 6.07) is 0. The van der Waals surface area contributed by atoms with Crippen LogP contribution in [0.2, 0.25) is 0 Å². The second-order valence-electron chi connectivity index (χ2n) is 2.72. The van der Waals surface area contributed by atoms with Gasteiger partial charge in [-0.25, -0.2) is 0 Å². The lowest BCUT2D eigenvalue weighted by molar-refractivity contribution is -0.137. The predicted octanol–water partition coefficient (Wildman–Crippen LogP) is 0.979. The molecule has 4 N–H and O–H groups in total. The molecule has 0 rings (SSSR count). The Morgan fingerprint density at radius 2 is 1.85 bits per heavy atom. The van der Waals surface area contributed by atoms with Crippen LogP contribution in [0.3, 0.4) is 0 Å². The minimum atomic E-state index is -0.675. The molecule has 0 atom stereocenters. The zero-order valence-electron chi connectivity index (χ0n) is 8.33. The molecule has 0 saturated carbocycles. The van der Waals surface area contributed by atoms with Gasteiger partial charge in [0, 0.05) is 13.0 Å². The van der Waals surface area contributed by atoms with Gasteiger partial charge in [-0.05, 0) is 6.42 Å². The number of carbonyl (C=O) groups is 1. The number of carboxylic acids is 1. The molecule has 0 aromatic rings. The third kappa shape index (κ3) is 24.6. The van der Waals surface area contributed by atoms with Gasteiger partial charge in [0.2, 0.25) is 0 Å². The van der Waals surface area contributed by atoms with Gasteiger partial charge in [-0.2, -0.15) is 0 Å². The Morgan fingerprint density at radius 3 is 2.15 bits per heavy atom. The number of carboxylic acid groups (broad SMARTS) is 1. The second-order valence-corrected chi connectivity index (χ2v) is 2.72. The Morgan fingerprint density at radius 1 is 1.31 bits per heavy atom. The van der Waals surface area contributed by atoms with E-state index in [0.29, 0.717) is 13.0 Å². The van der Waals surface area contributed by atoms with Crippen LogP contribution in [-0.2, 0) is 4.79 Å². The molecule has 0 aromatic carbocycles. The second kappa shape index (κ2) is 13.9. The lowest BCUT2D eigenvalue weighted by atomic mass is 10.2. The van der Waals surface area contributed by atoms with Crippen LogP contribution in [0.5, 0.6) is 0 Å². The molecule has 0 aliphatic rings. The normalized spacial score (nSPS) is 8.85. The molecule has 0 bridgehead atoms. The molecule has 0 unspecified atom stereocenters. The van der Waals surface area contributed by atoms with Crippen molar-refractivity contribution in [1.29, 1.82) is 0 Å². The van der Waals surface area contributed by atoms with Crippen molar-refractivity contribution in [3.63, 3.8) is 0 Å². The maximum atomic E-state index is 9.96. The monoisotopic (exact) mass is 191 g/mol. The maximum absolute atomic E-state index is 9.96. The largest absolute Gasteiger partial charge is 0.481 e. The fraction of sp³-hybridized carbons (Fsp3) is 0.889. The summed E-state index contributed by atoms with van der Waals surface area (Å²) in [7, 11) is 0. The SMILES string of the molecule is CCCCCCC(=O)O.NCCO. The van der Waals surface area contributed by atoms with Gasteiger partial charge in [-0.1, -0.05) is 26.2 Å². The summed E-state index contributed by atoms with van der Waals surface area (Å²) < 4.78 is 0. The molecule has 0 spiro atoms. The molecule has 4 nitrogen and oxygen atoms in total. The lowest BCUT2D eigenvalue weighted by Gasteiger charge is -1.92. The van der Waals surface area contributed by atoms with Crippen molar-refractivity contribution in [2.45, 2.75) is 39.0 Å². The van der Waals surface area contributed by atoms with Crippen LogP contribution in [0, 0.1) is 0 Å². The summed E-state index contributed by atoms with van der Waals surface area (Å²) in [5.74, 6) is -0.675. The van der Waals surface area contributed by atoms with E-state index in [9.17, 15) is 4.79 Å². The first-order valence-corrected chi connectivity index (χ1v) is 4.71. The van der Waals surface area contributed by atoms with E-state index in [4.69, 9.17) is 15.9 Å². The van der Waals surface area contributed by atoms with Crippen LogP contribution in [0.4, 0.5) is 0 Å². The van der Waals surface area contributed by atoms with Crippen molar-refractivity contribution in [3.05, 3.63) is 0 Å². The summed E-state index contributed by atoms with van der Waals surface area (Å²) >= 11 is 0. The molecule has 0 aliphatic carbocycles. The number of rotatable bonds is 6. The van der Waals surface area contributed by atoms with E-state index in [1.165, 1.54) is 6.42 Å². The molecule has 0 aliphatic heterocycles. The molecule has 0 saturated heterocycles. The van der Waals surface area contributed by atoms with Crippen molar-refractivity contribution in [2.24, 2.45) is 5.73 Å². The van der Waals surface area contributed by atoms with Crippen LogP contribution in [0.15, 0.2) is 0 Å². The molecule has 0 radical (unpaired) electrons. The topological polar surface area (TPSA) is 83.5 Å². The van der Waals surface area contributed by atoms with Crippen molar-refractivity contribution >= 4 is 5.97 Å². The number of aliphatic carboxylic acids is 1. The van der Waals surface area contributed by atoms with Crippen LogP contribution >= 0.6 is 0 Å². The van der Waals surface area contributed by atoms with Crippen LogP contribution in [-0.4, -0.2) is 29.3 Å². The minimum absolute atomic E-state index is 0.0972. The lowest BCUT2D eigenvalue weighted by Crippen LogP contribution is -2.02. The number of nitrogens with two attached hydrogens (primary N) is 1. The Labute approximate surface area is 79.8 Å². The number of hydrogen-bond donors (Lipinski definition) is 3. The van der Waals surface area contributed by atoms with E-state index in [2.05, 4.69) is 6.92 Å². The van der Waals surface area contributed by atoms with Gasteiger partial charge in [-0.3, -0.25) is 4.79 Å². The quantitative estimate of drug-likeness (QED) is 0.546. The Kier molecular flexibility index (Phi) is 16.0. The molecule has 0 heterocycles. The van der Waals surface area contributed by atoms with Crippen molar-refractivity contribution in [1.82, 2.24) is 0 Å². The Bertz CT molecular complexity index is 105. The van der Waals surface area contributed by atoms with Crippen LogP contribution < -0.4 is 5.73 Å². The summed E-state index contributed by atoms with van der Waals surface area (Å²) in [5.41, 5.74) is 4.78. The van der Waals surface area contributed by atoms with Crippen LogP contribution in [0.1, 0.15) is 39.0 Å². The smallest absolute Gasteiger partial charge is 0.303 e. The third-order valence-electron chi connectivity index (χ3n) is 1.37. The number of aliphatic hydroxyl groups excluding tert-OH is 1. The molecule has 13 heavy (non-hydrogen) atoms. The van der Waals surface area contributed by atoms with Gasteiger partial charge < -0.3 is 15.9 Å². The first-order chi connectivity index (χ1) is 6.18. The molecular formula is C9H21NO3. The minimum Gasteiger partial charge on any atom is -0.481 e. The summed E-state index contributed by atoms with van der Waals surface area (Å²) in [6.45, 7) is 2.58. The predicted molar refractivity (Wildman–Crippen MR) is 52.5 cm³/mol. The fourth-order valence-corrected chi connectivity index (χ4v) is 0.703. The molecule has 0 amide bonds. The van der Waals surface area contributed by atoms with E-state index in [-0.39, 0.29) is 6.61 Å². The van der Waals surface area contributed by atoms with Crippen molar-refractivity contribution in [2.75, 3.05) is 13.2 Å². The fourth-order valence-electron chi connectivity index (χ4n) is 0.703. The van der Waals surface area contributed by atoms with E-state index in [1.807, 2.05) is 0 Å². The number of hydrogen-bond acceptors (Lipinski definition) is 3. The third-order valence-corrected chi connectivity index (χ3v) is 1.37. The maximum Gasteiger partial charge on any atom is 0.303 e.